The Bertz CT molecular complexity index is 645. The number of hydrogen-bond acceptors (Lipinski definition) is 7. The first-order chi connectivity index (χ1) is 11.7. The van der Waals surface area contributed by atoms with Crippen molar-refractivity contribution in [1.82, 2.24) is 14.7 Å². The summed E-state index contributed by atoms with van der Waals surface area (Å²) in [5.74, 6) is 0.707. The molecule has 0 saturated carbocycles. The Morgan fingerprint density at radius 1 is 1.29 bits per heavy atom. The third-order valence-corrected chi connectivity index (χ3v) is 4.32. The number of halogens is 1. The SMILES string of the molecule is CCCN[S+]([O-])Nc1ncnc(OCCO)c1-c1ccc(Br)cc1. The topological polar surface area (TPSA) is 102 Å². The first-order valence-corrected chi connectivity index (χ1v) is 9.36. The number of aromatic nitrogens is 2. The van der Waals surface area contributed by atoms with Crippen LogP contribution in [0.4, 0.5) is 5.82 Å². The molecule has 0 aliphatic carbocycles. The number of aliphatic hydroxyl groups excluding tert-OH is 1. The van der Waals surface area contributed by atoms with Crippen LogP contribution in [0.2, 0.25) is 0 Å². The molecule has 1 aromatic carbocycles. The van der Waals surface area contributed by atoms with Crippen molar-refractivity contribution >= 4 is 33.3 Å². The molecule has 3 N–H and O–H groups in total. The van der Waals surface area contributed by atoms with Crippen LogP contribution in [-0.2, 0) is 11.5 Å². The zero-order chi connectivity index (χ0) is 17.4. The van der Waals surface area contributed by atoms with Gasteiger partial charge in [-0.1, -0.05) is 35.0 Å². The Morgan fingerprint density at radius 3 is 2.71 bits per heavy atom. The van der Waals surface area contributed by atoms with Crippen molar-refractivity contribution in [3.8, 4) is 17.0 Å². The van der Waals surface area contributed by atoms with E-state index in [-0.39, 0.29) is 13.2 Å². The van der Waals surface area contributed by atoms with Gasteiger partial charge in [-0.2, -0.15) is 4.72 Å². The minimum absolute atomic E-state index is 0.108. The highest BCUT2D eigenvalue weighted by atomic mass is 79.9. The fourth-order valence-electron chi connectivity index (χ4n) is 1.89. The molecule has 0 saturated heterocycles. The summed E-state index contributed by atoms with van der Waals surface area (Å²) in [7, 11) is 0. The van der Waals surface area contributed by atoms with E-state index in [0.29, 0.717) is 23.8 Å². The Labute approximate surface area is 152 Å². The normalized spacial score (nSPS) is 12.0. The predicted molar refractivity (Wildman–Crippen MR) is 97.8 cm³/mol. The molecule has 0 bridgehead atoms. The van der Waals surface area contributed by atoms with Crippen molar-refractivity contribution in [2.75, 3.05) is 24.5 Å². The Morgan fingerprint density at radius 2 is 2.04 bits per heavy atom. The highest BCUT2D eigenvalue weighted by molar-refractivity contribution is 9.10. The van der Waals surface area contributed by atoms with Crippen molar-refractivity contribution in [3.05, 3.63) is 35.1 Å². The Kier molecular flexibility index (Phi) is 7.73. The maximum Gasteiger partial charge on any atom is 0.226 e. The molecule has 9 heteroatoms. The van der Waals surface area contributed by atoms with Gasteiger partial charge in [-0.15, -0.1) is 4.72 Å². The molecular formula is C15H19BrN4O3S. The Hall–Kier alpha value is -1.39. The van der Waals surface area contributed by atoms with Gasteiger partial charge in [-0.25, -0.2) is 9.97 Å². The van der Waals surface area contributed by atoms with Gasteiger partial charge < -0.3 is 14.4 Å². The third kappa shape index (κ3) is 5.32. The highest BCUT2D eigenvalue weighted by Gasteiger charge is 2.19. The summed E-state index contributed by atoms with van der Waals surface area (Å²) in [4.78, 5) is 8.31. The fourth-order valence-corrected chi connectivity index (χ4v) is 2.95. The van der Waals surface area contributed by atoms with Crippen molar-refractivity contribution < 1.29 is 14.4 Å². The summed E-state index contributed by atoms with van der Waals surface area (Å²) in [6.45, 7) is 2.59. The zero-order valence-electron chi connectivity index (χ0n) is 13.2. The second kappa shape index (κ2) is 9.80. The number of rotatable bonds is 9. The second-order valence-corrected chi connectivity index (χ2v) is 6.69. The first kappa shape index (κ1) is 18.9. The van der Waals surface area contributed by atoms with E-state index in [1.54, 1.807) is 0 Å². The molecule has 2 aromatic rings. The lowest BCUT2D eigenvalue weighted by Gasteiger charge is -2.16. The molecule has 0 fully saturated rings. The predicted octanol–water partition coefficient (Wildman–Crippen LogP) is 2.27. The van der Waals surface area contributed by atoms with Gasteiger partial charge in [0.15, 0.2) is 17.4 Å². The summed E-state index contributed by atoms with van der Waals surface area (Å²) in [5.41, 5.74) is 1.40. The first-order valence-electron chi connectivity index (χ1n) is 7.42. The molecule has 7 nitrogen and oxygen atoms in total. The smallest absolute Gasteiger partial charge is 0.226 e. The summed E-state index contributed by atoms with van der Waals surface area (Å²) >= 11 is 1.92. The largest absolute Gasteiger partial charge is 0.574 e. The lowest BCUT2D eigenvalue weighted by atomic mass is 10.1. The monoisotopic (exact) mass is 414 g/mol. The number of nitrogens with zero attached hydrogens (tertiary/aromatic N) is 2. The average molecular weight is 415 g/mol. The van der Waals surface area contributed by atoms with Crippen LogP contribution in [0.5, 0.6) is 5.88 Å². The third-order valence-electron chi connectivity index (χ3n) is 2.95. The van der Waals surface area contributed by atoms with Gasteiger partial charge in [0.25, 0.3) is 0 Å². The van der Waals surface area contributed by atoms with E-state index in [0.717, 1.165) is 16.5 Å². The van der Waals surface area contributed by atoms with Crippen LogP contribution < -0.4 is 14.2 Å². The molecule has 2 rings (SSSR count). The number of nitrogens with one attached hydrogen (secondary N) is 2. The van der Waals surface area contributed by atoms with Crippen LogP contribution in [0.25, 0.3) is 11.1 Å². The zero-order valence-corrected chi connectivity index (χ0v) is 15.6. The van der Waals surface area contributed by atoms with Gasteiger partial charge >= 0.3 is 0 Å². The average Bonchev–Trinajstić information content (AvgIpc) is 2.59. The molecule has 0 spiro atoms. The maximum atomic E-state index is 12.1. The highest BCUT2D eigenvalue weighted by Crippen LogP contribution is 2.34. The van der Waals surface area contributed by atoms with Crippen LogP contribution in [0.3, 0.4) is 0 Å². The quantitative estimate of drug-likeness (QED) is 0.540. The van der Waals surface area contributed by atoms with Crippen LogP contribution >= 0.6 is 15.9 Å². The van der Waals surface area contributed by atoms with Gasteiger partial charge in [0.2, 0.25) is 5.88 Å². The molecule has 1 heterocycles. The molecule has 130 valence electrons. The maximum absolute atomic E-state index is 12.1. The molecule has 1 atom stereocenters. The summed E-state index contributed by atoms with van der Waals surface area (Å²) < 4.78 is 24.2. The van der Waals surface area contributed by atoms with Crippen LogP contribution in [-0.4, -0.2) is 39.4 Å². The second-order valence-electron chi connectivity index (χ2n) is 4.75. The Balaban J connectivity index is 2.36. The van der Waals surface area contributed by atoms with Crippen LogP contribution in [0.15, 0.2) is 35.1 Å². The van der Waals surface area contributed by atoms with Gasteiger partial charge in [0.1, 0.15) is 12.9 Å². The van der Waals surface area contributed by atoms with E-state index in [9.17, 15) is 4.55 Å². The van der Waals surface area contributed by atoms with E-state index < -0.39 is 11.5 Å². The van der Waals surface area contributed by atoms with Gasteiger partial charge in [0, 0.05) is 11.0 Å². The van der Waals surface area contributed by atoms with Gasteiger partial charge in [-0.3, -0.25) is 0 Å². The number of hydrogen-bond donors (Lipinski definition) is 3. The molecule has 0 aliphatic rings. The molecule has 0 amide bonds. The molecule has 0 radical (unpaired) electrons. The van der Waals surface area contributed by atoms with Crippen molar-refractivity contribution in [2.24, 2.45) is 0 Å². The number of benzene rings is 1. The molecule has 1 unspecified atom stereocenters. The van der Waals surface area contributed by atoms with Crippen LogP contribution in [0, 0.1) is 0 Å². The van der Waals surface area contributed by atoms with E-state index >= 15 is 0 Å². The lowest BCUT2D eigenvalue weighted by molar-refractivity contribution is 0.197. The van der Waals surface area contributed by atoms with E-state index in [1.165, 1.54) is 6.33 Å². The van der Waals surface area contributed by atoms with E-state index in [4.69, 9.17) is 9.84 Å². The van der Waals surface area contributed by atoms with Gasteiger partial charge in [-0.05, 0) is 24.1 Å². The molecule has 1 aromatic heterocycles. The van der Waals surface area contributed by atoms with Crippen molar-refractivity contribution in [1.29, 1.82) is 0 Å². The summed E-state index contributed by atoms with van der Waals surface area (Å²) in [6.07, 6.45) is 2.19. The number of anilines is 1. The van der Waals surface area contributed by atoms with Gasteiger partial charge in [0.05, 0.1) is 12.2 Å². The van der Waals surface area contributed by atoms with Crippen LogP contribution in [0.1, 0.15) is 13.3 Å². The number of aliphatic hydroxyl groups is 1. The molecule has 0 aliphatic heterocycles. The minimum atomic E-state index is -1.48. The van der Waals surface area contributed by atoms with E-state index in [1.807, 2.05) is 31.2 Å². The standard InChI is InChI=1S/C15H19BrN4O3S/c1-2-7-19-24(22)20-14-13(11-3-5-12(16)6-4-11)15(18-10-17-14)23-9-8-21/h3-6,10,19,21H,2,7-9H2,1H3,(H,17,18,20). The summed E-state index contributed by atoms with van der Waals surface area (Å²) in [6, 6.07) is 7.52. The molecule has 24 heavy (non-hydrogen) atoms. The number of ether oxygens (including phenoxy) is 1. The molecular weight excluding hydrogens is 396 g/mol. The van der Waals surface area contributed by atoms with Crippen molar-refractivity contribution in [2.45, 2.75) is 13.3 Å². The summed E-state index contributed by atoms with van der Waals surface area (Å²) in [5, 5.41) is 8.99. The fraction of sp³-hybridized carbons (Fsp3) is 0.333. The lowest BCUT2D eigenvalue weighted by Crippen LogP contribution is -2.31. The van der Waals surface area contributed by atoms with E-state index in [2.05, 4.69) is 35.3 Å². The van der Waals surface area contributed by atoms with Crippen molar-refractivity contribution in [3.63, 3.8) is 0 Å². The minimum Gasteiger partial charge on any atom is -0.574 e.